The Morgan fingerprint density at radius 2 is 1.53 bits per heavy atom. The quantitative estimate of drug-likeness (QED) is 0.640. The Morgan fingerprint density at radius 1 is 1.07 bits per heavy atom. The highest BCUT2D eigenvalue weighted by atomic mass is 16.4. The van der Waals surface area contributed by atoms with Gasteiger partial charge in [0.05, 0.1) is 0 Å². The summed E-state index contributed by atoms with van der Waals surface area (Å²) in [5, 5.41) is 17.7. The zero-order valence-corrected chi connectivity index (χ0v) is 9.56. The number of carbonyl (C=O) groups is 2. The lowest BCUT2D eigenvalue weighted by atomic mass is 9.82. The van der Waals surface area contributed by atoms with Gasteiger partial charge in [-0.15, -0.1) is 0 Å². The number of aliphatic carboxylic acids is 2. The molecule has 15 heavy (non-hydrogen) atoms. The summed E-state index contributed by atoms with van der Waals surface area (Å²) in [4.78, 5) is 21.7. The van der Waals surface area contributed by atoms with Gasteiger partial charge >= 0.3 is 11.9 Å². The van der Waals surface area contributed by atoms with Crippen molar-refractivity contribution in [1.82, 2.24) is 0 Å². The molecule has 0 saturated carbocycles. The lowest BCUT2D eigenvalue weighted by Crippen LogP contribution is -2.31. The van der Waals surface area contributed by atoms with E-state index in [-0.39, 0.29) is 5.92 Å². The number of carboxylic acids is 2. The fourth-order valence-corrected chi connectivity index (χ4v) is 1.73. The molecule has 0 saturated heterocycles. The van der Waals surface area contributed by atoms with Crippen LogP contribution < -0.4 is 0 Å². The number of hydrogen-bond donors (Lipinski definition) is 2. The summed E-state index contributed by atoms with van der Waals surface area (Å²) in [5.41, 5.74) is 0. The molecule has 4 heteroatoms. The largest absolute Gasteiger partial charge is 0.481 e. The van der Waals surface area contributed by atoms with Gasteiger partial charge in [-0.25, -0.2) is 0 Å². The van der Waals surface area contributed by atoms with Gasteiger partial charge in [0.25, 0.3) is 0 Å². The molecule has 0 aliphatic heterocycles. The minimum atomic E-state index is -1.26. The Hall–Kier alpha value is -1.06. The van der Waals surface area contributed by atoms with E-state index in [4.69, 9.17) is 10.2 Å². The number of rotatable bonds is 7. The molecular weight excluding hydrogens is 196 g/mol. The molecule has 0 amide bonds. The highest BCUT2D eigenvalue weighted by Gasteiger charge is 2.34. The standard InChI is InChI=1S/C11H20O4/c1-4-7(3)6-8(5-2)9(10(12)13)11(14)15/h7-9H,4-6H2,1-3H3,(H,12,13)(H,14,15). The fraction of sp³-hybridized carbons (Fsp3) is 0.818. The summed E-state index contributed by atoms with van der Waals surface area (Å²) in [6, 6.07) is 0. The first-order valence-electron chi connectivity index (χ1n) is 5.39. The Labute approximate surface area is 90.3 Å². The third kappa shape index (κ3) is 4.32. The molecule has 0 fully saturated rings. The fourth-order valence-electron chi connectivity index (χ4n) is 1.73. The van der Waals surface area contributed by atoms with Crippen molar-refractivity contribution in [1.29, 1.82) is 0 Å². The Balaban J connectivity index is 4.60. The summed E-state index contributed by atoms with van der Waals surface area (Å²) in [6.45, 7) is 5.88. The molecule has 0 radical (unpaired) electrons. The summed E-state index contributed by atoms with van der Waals surface area (Å²) >= 11 is 0. The predicted molar refractivity (Wildman–Crippen MR) is 56.6 cm³/mol. The molecule has 88 valence electrons. The SMILES string of the molecule is CCC(C)CC(CC)C(C(=O)O)C(=O)O. The second-order valence-electron chi connectivity index (χ2n) is 4.07. The van der Waals surface area contributed by atoms with Crippen LogP contribution >= 0.6 is 0 Å². The summed E-state index contributed by atoms with van der Waals surface area (Å²) in [6.07, 6.45) is 2.20. The highest BCUT2D eigenvalue weighted by Crippen LogP contribution is 2.26. The van der Waals surface area contributed by atoms with Gasteiger partial charge in [-0.1, -0.05) is 33.6 Å². The minimum Gasteiger partial charge on any atom is -0.481 e. The van der Waals surface area contributed by atoms with Crippen LogP contribution in [0.2, 0.25) is 0 Å². The smallest absolute Gasteiger partial charge is 0.318 e. The van der Waals surface area contributed by atoms with E-state index in [0.29, 0.717) is 18.8 Å². The topological polar surface area (TPSA) is 74.6 Å². The van der Waals surface area contributed by atoms with Crippen LogP contribution in [0.1, 0.15) is 40.0 Å². The van der Waals surface area contributed by atoms with Crippen LogP contribution in [0.25, 0.3) is 0 Å². The van der Waals surface area contributed by atoms with Crippen LogP contribution in [-0.2, 0) is 9.59 Å². The van der Waals surface area contributed by atoms with Crippen molar-refractivity contribution in [3.8, 4) is 0 Å². The van der Waals surface area contributed by atoms with Crippen molar-refractivity contribution in [2.24, 2.45) is 17.8 Å². The molecule has 0 aliphatic rings. The first kappa shape index (κ1) is 13.9. The molecule has 2 N–H and O–H groups in total. The maximum absolute atomic E-state index is 10.8. The van der Waals surface area contributed by atoms with Gasteiger partial charge in [0.15, 0.2) is 5.92 Å². The molecule has 0 aliphatic carbocycles. The number of carboxylic acid groups (broad SMARTS) is 2. The number of hydrogen-bond acceptors (Lipinski definition) is 2. The van der Waals surface area contributed by atoms with Crippen molar-refractivity contribution in [3.05, 3.63) is 0 Å². The van der Waals surface area contributed by atoms with Crippen molar-refractivity contribution < 1.29 is 19.8 Å². The monoisotopic (exact) mass is 216 g/mol. The zero-order chi connectivity index (χ0) is 12.0. The first-order valence-corrected chi connectivity index (χ1v) is 5.39. The molecule has 2 atom stereocenters. The molecule has 0 aromatic heterocycles. The van der Waals surface area contributed by atoms with Gasteiger partial charge in [-0.05, 0) is 18.3 Å². The molecule has 0 aromatic carbocycles. The maximum Gasteiger partial charge on any atom is 0.318 e. The molecule has 0 heterocycles. The van der Waals surface area contributed by atoms with E-state index in [0.717, 1.165) is 6.42 Å². The third-order valence-electron chi connectivity index (χ3n) is 2.93. The van der Waals surface area contributed by atoms with E-state index in [1.807, 2.05) is 20.8 Å². The van der Waals surface area contributed by atoms with E-state index in [9.17, 15) is 9.59 Å². The first-order chi connectivity index (χ1) is 6.93. The van der Waals surface area contributed by atoms with E-state index < -0.39 is 17.9 Å². The van der Waals surface area contributed by atoms with Gasteiger partial charge in [-0.3, -0.25) is 9.59 Å². The average Bonchev–Trinajstić information content (AvgIpc) is 2.15. The minimum absolute atomic E-state index is 0.269. The predicted octanol–water partition coefficient (Wildman–Crippen LogP) is 2.23. The van der Waals surface area contributed by atoms with Crippen LogP contribution in [0.15, 0.2) is 0 Å². The van der Waals surface area contributed by atoms with Crippen LogP contribution in [0.4, 0.5) is 0 Å². The molecular formula is C11H20O4. The lowest BCUT2D eigenvalue weighted by Gasteiger charge is -2.22. The third-order valence-corrected chi connectivity index (χ3v) is 2.93. The Bertz CT molecular complexity index is 211. The second-order valence-corrected chi connectivity index (χ2v) is 4.07. The summed E-state index contributed by atoms with van der Waals surface area (Å²) in [7, 11) is 0. The summed E-state index contributed by atoms with van der Waals surface area (Å²) in [5.74, 6) is -3.61. The van der Waals surface area contributed by atoms with Gasteiger partial charge in [0, 0.05) is 0 Å². The van der Waals surface area contributed by atoms with Crippen molar-refractivity contribution in [3.63, 3.8) is 0 Å². The van der Waals surface area contributed by atoms with Crippen LogP contribution in [0.5, 0.6) is 0 Å². The van der Waals surface area contributed by atoms with Crippen LogP contribution in [0, 0.1) is 17.8 Å². The Kier molecular flexibility index (Phi) is 5.97. The van der Waals surface area contributed by atoms with Gasteiger partial charge < -0.3 is 10.2 Å². The van der Waals surface area contributed by atoms with E-state index in [1.165, 1.54) is 0 Å². The van der Waals surface area contributed by atoms with E-state index >= 15 is 0 Å². The molecule has 4 nitrogen and oxygen atoms in total. The van der Waals surface area contributed by atoms with Crippen molar-refractivity contribution in [2.45, 2.75) is 40.0 Å². The molecule has 0 bridgehead atoms. The second kappa shape index (κ2) is 6.43. The molecule has 0 rings (SSSR count). The molecule has 2 unspecified atom stereocenters. The summed E-state index contributed by atoms with van der Waals surface area (Å²) < 4.78 is 0. The zero-order valence-electron chi connectivity index (χ0n) is 9.56. The van der Waals surface area contributed by atoms with Gasteiger partial charge in [0.1, 0.15) is 0 Å². The van der Waals surface area contributed by atoms with E-state index in [2.05, 4.69) is 0 Å². The van der Waals surface area contributed by atoms with Crippen molar-refractivity contribution >= 4 is 11.9 Å². The molecule has 0 aromatic rings. The van der Waals surface area contributed by atoms with E-state index in [1.54, 1.807) is 0 Å². The maximum atomic E-state index is 10.8. The Morgan fingerprint density at radius 3 is 1.80 bits per heavy atom. The van der Waals surface area contributed by atoms with Crippen LogP contribution in [0.3, 0.4) is 0 Å². The van der Waals surface area contributed by atoms with Crippen molar-refractivity contribution in [2.75, 3.05) is 0 Å². The normalized spacial score (nSPS) is 14.9. The lowest BCUT2D eigenvalue weighted by molar-refractivity contribution is -0.157. The highest BCUT2D eigenvalue weighted by molar-refractivity contribution is 5.93. The van der Waals surface area contributed by atoms with Gasteiger partial charge in [-0.2, -0.15) is 0 Å². The van der Waals surface area contributed by atoms with Gasteiger partial charge in [0.2, 0.25) is 0 Å². The average molecular weight is 216 g/mol. The van der Waals surface area contributed by atoms with Crippen LogP contribution in [-0.4, -0.2) is 22.2 Å². The molecule has 0 spiro atoms.